The summed E-state index contributed by atoms with van der Waals surface area (Å²) in [4.78, 5) is 22.7. The van der Waals surface area contributed by atoms with Crippen LogP contribution in [0, 0.1) is 0 Å². The summed E-state index contributed by atoms with van der Waals surface area (Å²) >= 11 is 0. The largest absolute Gasteiger partial charge is 0.417 e. The molecule has 0 radical (unpaired) electrons. The second-order valence-electron chi connectivity index (χ2n) is 4.45. The Morgan fingerprint density at radius 1 is 1.19 bits per heavy atom. The number of benzene rings is 1. The van der Waals surface area contributed by atoms with Gasteiger partial charge in [0.05, 0.1) is 12.1 Å². The summed E-state index contributed by atoms with van der Waals surface area (Å²) in [6.45, 7) is -0.0795. The predicted octanol–water partition coefficient (Wildman–Crippen LogP) is 2.01. The van der Waals surface area contributed by atoms with Crippen molar-refractivity contribution in [2.75, 3.05) is 0 Å². The predicted molar refractivity (Wildman–Crippen MR) is 69.8 cm³/mol. The minimum atomic E-state index is -4.52. The third kappa shape index (κ3) is 3.50. The Hall–Kier alpha value is -2.57. The molecule has 2 rings (SSSR count). The normalized spacial score (nSPS) is 11.4. The fourth-order valence-electron chi connectivity index (χ4n) is 1.84. The Kier molecular flexibility index (Phi) is 3.84. The molecule has 1 amide bonds. The lowest BCUT2D eigenvalue weighted by atomic mass is 10.1. The number of rotatable bonds is 3. The first-order valence-electron chi connectivity index (χ1n) is 5.94. The van der Waals surface area contributed by atoms with E-state index in [-0.39, 0.29) is 12.1 Å². The summed E-state index contributed by atoms with van der Waals surface area (Å²) in [5.41, 5.74) is 4.40. The molecule has 2 aromatic rings. The summed E-state index contributed by atoms with van der Waals surface area (Å²) in [7, 11) is 0. The van der Waals surface area contributed by atoms with Crippen LogP contribution in [0.25, 0.3) is 0 Å². The minimum Gasteiger partial charge on any atom is -0.366 e. The first kappa shape index (κ1) is 14.8. The van der Waals surface area contributed by atoms with Crippen molar-refractivity contribution in [3.8, 4) is 0 Å². The topological polar surface area (TPSA) is 65.1 Å². The van der Waals surface area contributed by atoms with Gasteiger partial charge in [0.25, 0.3) is 5.56 Å². The quantitative estimate of drug-likeness (QED) is 0.941. The third-order valence-corrected chi connectivity index (χ3v) is 2.88. The van der Waals surface area contributed by atoms with Gasteiger partial charge in [-0.15, -0.1) is 0 Å². The van der Waals surface area contributed by atoms with Crippen LogP contribution in [0.5, 0.6) is 0 Å². The highest BCUT2D eigenvalue weighted by atomic mass is 19.4. The zero-order valence-electron chi connectivity index (χ0n) is 10.7. The van der Waals surface area contributed by atoms with Gasteiger partial charge in [0, 0.05) is 17.8 Å². The molecule has 0 unspecified atom stereocenters. The van der Waals surface area contributed by atoms with Gasteiger partial charge in [-0.3, -0.25) is 9.59 Å². The van der Waals surface area contributed by atoms with Crippen LogP contribution >= 0.6 is 0 Å². The van der Waals surface area contributed by atoms with E-state index in [1.54, 1.807) is 12.1 Å². The van der Waals surface area contributed by atoms with Crippen LogP contribution in [0.4, 0.5) is 13.2 Å². The molecule has 21 heavy (non-hydrogen) atoms. The number of pyridine rings is 1. The molecule has 0 fully saturated rings. The molecule has 1 heterocycles. The summed E-state index contributed by atoms with van der Waals surface area (Å²) in [6.07, 6.45) is -3.77. The Morgan fingerprint density at radius 3 is 2.52 bits per heavy atom. The van der Waals surface area contributed by atoms with E-state index in [0.717, 1.165) is 22.9 Å². The Balaban J connectivity index is 2.37. The highest BCUT2D eigenvalue weighted by Gasteiger charge is 2.31. The number of aromatic nitrogens is 1. The molecule has 0 aliphatic carbocycles. The van der Waals surface area contributed by atoms with Crippen molar-refractivity contribution in [2.24, 2.45) is 5.73 Å². The molecule has 2 N–H and O–H groups in total. The van der Waals surface area contributed by atoms with Crippen LogP contribution in [0.1, 0.15) is 21.5 Å². The number of hydrogen-bond donors (Lipinski definition) is 1. The summed E-state index contributed by atoms with van der Waals surface area (Å²) in [5.74, 6) is -0.645. The van der Waals surface area contributed by atoms with Crippen molar-refractivity contribution in [3.63, 3.8) is 0 Å². The number of alkyl halides is 3. The van der Waals surface area contributed by atoms with Crippen molar-refractivity contribution >= 4 is 5.91 Å². The molecule has 0 saturated heterocycles. The first-order valence-corrected chi connectivity index (χ1v) is 5.94. The molecule has 7 heteroatoms. The van der Waals surface area contributed by atoms with Crippen LogP contribution in [-0.2, 0) is 12.7 Å². The maximum Gasteiger partial charge on any atom is 0.417 e. The number of primary amides is 1. The molecule has 0 bridgehead atoms. The molecule has 110 valence electrons. The van der Waals surface area contributed by atoms with E-state index in [0.29, 0.717) is 5.56 Å². The molecular formula is C14H11F3N2O2. The van der Waals surface area contributed by atoms with Crippen LogP contribution in [0.2, 0.25) is 0 Å². The van der Waals surface area contributed by atoms with E-state index in [2.05, 4.69) is 0 Å². The van der Waals surface area contributed by atoms with Gasteiger partial charge < -0.3 is 10.3 Å². The standard InChI is InChI=1S/C14H11F3N2O2/c15-14(16,17)11-4-5-12(20)19(8-11)7-9-2-1-3-10(6-9)13(18)21/h1-6,8H,7H2,(H2,18,21). The average molecular weight is 296 g/mol. The van der Waals surface area contributed by atoms with Crippen LogP contribution in [0.3, 0.4) is 0 Å². The lowest BCUT2D eigenvalue weighted by Gasteiger charge is -2.11. The van der Waals surface area contributed by atoms with Crippen LogP contribution in [-0.4, -0.2) is 10.5 Å². The summed E-state index contributed by atoms with van der Waals surface area (Å²) in [6, 6.07) is 7.67. The van der Waals surface area contributed by atoms with Crippen molar-refractivity contribution < 1.29 is 18.0 Å². The molecule has 0 atom stereocenters. The van der Waals surface area contributed by atoms with E-state index >= 15 is 0 Å². The van der Waals surface area contributed by atoms with Crippen LogP contribution in [0.15, 0.2) is 47.4 Å². The van der Waals surface area contributed by atoms with E-state index < -0.39 is 23.2 Å². The third-order valence-electron chi connectivity index (χ3n) is 2.88. The Bertz CT molecular complexity index is 735. The number of amides is 1. The molecule has 0 spiro atoms. The van der Waals surface area contributed by atoms with Gasteiger partial charge in [0.1, 0.15) is 0 Å². The van der Waals surface area contributed by atoms with Crippen molar-refractivity contribution in [2.45, 2.75) is 12.7 Å². The number of halogens is 3. The molecule has 0 aliphatic heterocycles. The molecule has 0 aliphatic rings. The highest BCUT2D eigenvalue weighted by molar-refractivity contribution is 5.92. The van der Waals surface area contributed by atoms with E-state index in [9.17, 15) is 22.8 Å². The average Bonchev–Trinajstić information content (AvgIpc) is 2.40. The van der Waals surface area contributed by atoms with Gasteiger partial charge in [0.15, 0.2) is 0 Å². The van der Waals surface area contributed by atoms with Gasteiger partial charge in [0.2, 0.25) is 5.91 Å². The van der Waals surface area contributed by atoms with Gasteiger partial charge in [-0.05, 0) is 23.8 Å². The molecule has 0 saturated carbocycles. The number of nitrogens with two attached hydrogens (primary N) is 1. The van der Waals surface area contributed by atoms with Gasteiger partial charge >= 0.3 is 6.18 Å². The van der Waals surface area contributed by atoms with Crippen molar-refractivity contribution in [3.05, 3.63) is 69.6 Å². The fraction of sp³-hybridized carbons (Fsp3) is 0.143. The Labute approximate surface area is 117 Å². The maximum atomic E-state index is 12.6. The summed E-state index contributed by atoms with van der Waals surface area (Å²) in [5, 5.41) is 0. The zero-order valence-corrected chi connectivity index (χ0v) is 10.7. The molecule has 1 aromatic heterocycles. The molecule has 4 nitrogen and oxygen atoms in total. The van der Waals surface area contributed by atoms with E-state index in [4.69, 9.17) is 5.73 Å². The fourth-order valence-corrected chi connectivity index (χ4v) is 1.84. The second kappa shape index (κ2) is 5.43. The van der Waals surface area contributed by atoms with Gasteiger partial charge in [-0.25, -0.2) is 0 Å². The number of carbonyl (C=O) groups excluding carboxylic acids is 1. The smallest absolute Gasteiger partial charge is 0.366 e. The SMILES string of the molecule is NC(=O)c1cccc(Cn2cc(C(F)(F)F)ccc2=O)c1. The number of nitrogens with zero attached hydrogens (tertiary/aromatic N) is 1. The summed E-state index contributed by atoms with van der Waals surface area (Å²) < 4.78 is 38.8. The lowest BCUT2D eigenvalue weighted by Crippen LogP contribution is -2.22. The highest BCUT2D eigenvalue weighted by Crippen LogP contribution is 2.28. The monoisotopic (exact) mass is 296 g/mol. The maximum absolute atomic E-state index is 12.6. The van der Waals surface area contributed by atoms with E-state index in [1.165, 1.54) is 12.1 Å². The Morgan fingerprint density at radius 2 is 1.90 bits per heavy atom. The van der Waals surface area contributed by atoms with Crippen molar-refractivity contribution in [1.82, 2.24) is 4.57 Å². The molecular weight excluding hydrogens is 285 g/mol. The lowest BCUT2D eigenvalue weighted by molar-refractivity contribution is -0.138. The second-order valence-corrected chi connectivity index (χ2v) is 4.45. The van der Waals surface area contributed by atoms with E-state index in [1.807, 2.05) is 0 Å². The van der Waals surface area contributed by atoms with Crippen molar-refractivity contribution in [1.29, 1.82) is 0 Å². The van der Waals surface area contributed by atoms with Gasteiger partial charge in [-0.2, -0.15) is 13.2 Å². The van der Waals surface area contributed by atoms with Crippen LogP contribution < -0.4 is 11.3 Å². The van der Waals surface area contributed by atoms with Gasteiger partial charge in [-0.1, -0.05) is 12.1 Å². The molecule has 1 aromatic carbocycles. The zero-order chi connectivity index (χ0) is 15.6. The number of hydrogen-bond acceptors (Lipinski definition) is 2. The number of carbonyl (C=O) groups is 1. The minimum absolute atomic E-state index is 0.0795. The first-order chi connectivity index (χ1) is 9.77.